The van der Waals surface area contributed by atoms with Crippen LogP contribution in [-0.2, 0) is 0 Å². The lowest BCUT2D eigenvalue weighted by Crippen LogP contribution is -2.22. The number of anilines is 2. The molecule has 0 spiro atoms. The average molecular weight is 208 g/mol. The molecule has 1 fully saturated rings. The summed E-state index contributed by atoms with van der Waals surface area (Å²) in [6, 6.07) is 1.82. The Labute approximate surface area is 88.7 Å². The second kappa shape index (κ2) is 4.02. The van der Waals surface area contributed by atoms with Gasteiger partial charge in [0.2, 0.25) is 5.95 Å². The average Bonchev–Trinajstić information content (AvgIpc) is 2.95. The van der Waals surface area contributed by atoms with Gasteiger partial charge in [-0.25, -0.2) is 4.98 Å². The van der Waals surface area contributed by atoms with Crippen molar-refractivity contribution in [2.24, 2.45) is 5.92 Å². The van der Waals surface area contributed by atoms with Gasteiger partial charge in [-0.1, -0.05) is 0 Å². The van der Waals surface area contributed by atoms with E-state index in [0.717, 1.165) is 18.5 Å². The second-order valence-corrected chi connectivity index (χ2v) is 4.04. The number of nitrogens with two attached hydrogens (primary N) is 1. The molecule has 1 unspecified atom stereocenters. The van der Waals surface area contributed by atoms with Crippen molar-refractivity contribution in [3.63, 3.8) is 0 Å². The number of nitrogens with zero attached hydrogens (tertiary/aromatic N) is 2. The molecule has 82 valence electrons. The smallest absolute Gasteiger partial charge is 0.222 e. The predicted molar refractivity (Wildman–Crippen MR) is 58.4 cm³/mol. The second-order valence-electron chi connectivity index (χ2n) is 4.04. The molecule has 2 rings (SSSR count). The topological polar surface area (TPSA) is 84.1 Å². The van der Waals surface area contributed by atoms with E-state index in [1.807, 2.05) is 13.0 Å². The first kappa shape index (κ1) is 10.2. The lowest BCUT2D eigenvalue weighted by Gasteiger charge is -2.11. The standard InChI is InChI=1S/C10H16N4O/c1-6-4-9(14-10(11)13-6)12-5-8(15)7-2-3-7/h4,7-8,15H,2-3,5H2,1H3,(H3,11,12,13,14). The van der Waals surface area contributed by atoms with Crippen molar-refractivity contribution in [1.29, 1.82) is 0 Å². The Bertz CT molecular complexity index is 331. The van der Waals surface area contributed by atoms with Gasteiger partial charge in [0.15, 0.2) is 0 Å². The fourth-order valence-electron chi connectivity index (χ4n) is 1.54. The molecule has 1 aliphatic carbocycles. The number of nitrogen functional groups attached to an aromatic ring is 1. The SMILES string of the molecule is Cc1cc(NCC(O)C2CC2)nc(N)n1. The minimum absolute atomic E-state index is 0.262. The van der Waals surface area contributed by atoms with E-state index in [1.54, 1.807) is 0 Å². The van der Waals surface area contributed by atoms with Crippen LogP contribution in [0.4, 0.5) is 11.8 Å². The van der Waals surface area contributed by atoms with Crippen LogP contribution in [0.5, 0.6) is 0 Å². The summed E-state index contributed by atoms with van der Waals surface area (Å²) in [6.07, 6.45) is 1.99. The molecule has 5 heteroatoms. The molecule has 1 saturated carbocycles. The van der Waals surface area contributed by atoms with E-state index in [0.29, 0.717) is 18.3 Å². The lowest BCUT2D eigenvalue weighted by atomic mass is 10.2. The van der Waals surface area contributed by atoms with Crippen LogP contribution in [0.3, 0.4) is 0 Å². The van der Waals surface area contributed by atoms with Crippen molar-refractivity contribution in [3.05, 3.63) is 11.8 Å². The summed E-state index contributed by atoms with van der Waals surface area (Å²) in [7, 11) is 0. The summed E-state index contributed by atoms with van der Waals surface area (Å²) in [5, 5.41) is 12.7. The zero-order valence-electron chi connectivity index (χ0n) is 8.77. The van der Waals surface area contributed by atoms with Crippen molar-refractivity contribution in [1.82, 2.24) is 9.97 Å². The van der Waals surface area contributed by atoms with E-state index in [9.17, 15) is 5.11 Å². The normalized spacial score (nSPS) is 17.5. The minimum atomic E-state index is -0.276. The molecule has 1 aliphatic rings. The van der Waals surface area contributed by atoms with Crippen molar-refractivity contribution in [2.45, 2.75) is 25.9 Å². The third-order valence-corrected chi connectivity index (χ3v) is 2.53. The highest BCUT2D eigenvalue weighted by Gasteiger charge is 2.29. The number of aryl methyl sites for hydroxylation is 1. The molecule has 1 heterocycles. The van der Waals surface area contributed by atoms with Gasteiger partial charge in [-0.15, -0.1) is 0 Å². The third-order valence-electron chi connectivity index (χ3n) is 2.53. The Morgan fingerprint density at radius 2 is 2.33 bits per heavy atom. The molecule has 0 aliphatic heterocycles. The van der Waals surface area contributed by atoms with Crippen LogP contribution in [0.2, 0.25) is 0 Å². The van der Waals surface area contributed by atoms with Crippen LogP contribution in [-0.4, -0.2) is 27.7 Å². The highest BCUT2D eigenvalue weighted by atomic mass is 16.3. The first-order valence-corrected chi connectivity index (χ1v) is 5.18. The van der Waals surface area contributed by atoms with Gasteiger partial charge >= 0.3 is 0 Å². The zero-order chi connectivity index (χ0) is 10.8. The Morgan fingerprint density at radius 1 is 1.60 bits per heavy atom. The highest BCUT2D eigenvalue weighted by Crippen LogP contribution is 2.32. The van der Waals surface area contributed by atoms with Gasteiger partial charge in [0.25, 0.3) is 0 Å². The summed E-state index contributed by atoms with van der Waals surface area (Å²) >= 11 is 0. The number of aliphatic hydroxyl groups excluding tert-OH is 1. The summed E-state index contributed by atoms with van der Waals surface area (Å²) < 4.78 is 0. The Morgan fingerprint density at radius 3 is 2.93 bits per heavy atom. The van der Waals surface area contributed by atoms with Crippen molar-refractivity contribution in [2.75, 3.05) is 17.6 Å². The third kappa shape index (κ3) is 2.79. The maximum absolute atomic E-state index is 9.65. The quantitative estimate of drug-likeness (QED) is 0.673. The van der Waals surface area contributed by atoms with Crippen molar-refractivity contribution < 1.29 is 5.11 Å². The van der Waals surface area contributed by atoms with Crippen LogP contribution in [0.1, 0.15) is 18.5 Å². The van der Waals surface area contributed by atoms with E-state index in [2.05, 4.69) is 15.3 Å². The largest absolute Gasteiger partial charge is 0.391 e. The number of hydrogen-bond acceptors (Lipinski definition) is 5. The zero-order valence-corrected chi connectivity index (χ0v) is 8.77. The van der Waals surface area contributed by atoms with Gasteiger partial charge in [-0.3, -0.25) is 0 Å². The number of nitrogens with one attached hydrogen (secondary N) is 1. The molecule has 4 N–H and O–H groups in total. The predicted octanol–water partition coefficient (Wildman–Crippen LogP) is 0.550. The van der Waals surface area contributed by atoms with Crippen LogP contribution < -0.4 is 11.1 Å². The summed E-state index contributed by atoms with van der Waals surface area (Å²) in [5.74, 6) is 1.41. The summed E-state index contributed by atoms with van der Waals surface area (Å²) in [4.78, 5) is 8.00. The van der Waals surface area contributed by atoms with E-state index >= 15 is 0 Å². The van der Waals surface area contributed by atoms with Gasteiger partial charge in [-0.2, -0.15) is 4.98 Å². The van der Waals surface area contributed by atoms with Crippen LogP contribution in [0.25, 0.3) is 0 Å². The van der Waals surface area contributed by atoms with Gasteiger partial charge in [0.05, 0.1) is 6.10 Å². The fourth-order valence-corrected chi connectivity index (χ4v) is 1.54. The highest BCUT2D eigenvalue weighted by molar-refractivity contribution is 5.40. The number of aromatic nitrogens is 2. The molecule has 0 saturated heterocycles. The Balaban J connectivity index is 1.91. The van der Waals surface area contributed by atoms with Crippen molar-refractivity contribution >= 4 is 11.8 Å². The van der Waals surface area contributed by atoms with Crippen molar-refractivity contribution in [3.8, 4) is 0 Å². The monoisotopic (exact) mass is 208 g/mol. The lowest BCUT2D eigenvalue weighted by molar-refractivity contribution is 0.164. The first-order chi connectivity index (χ1) is 7.15. The van der Waals surface area contributed by atoms with E-state index < -0.39 is 0 Å². The van der Waals surface area contributed by atoms with Crippen LogP contribution in [0.15, 0.2) is 6.07 Å². The molecule has 0 bridgehead atoms. The van der Waals surface area contributed by atoms with Gasteiger partial charge in [-0.05, 0) is 25.7 Å². The van der Waals surface area contributed by atoms with Crippen LogP contribution >= 0.6 is 0 Å². The molecular weight excluding hydrogens is 192 g/mol. The Kier molecular flexibility index (Phi) is 2.73. The molecule has 15 heavy (non-hydrogen) atoms. The summed E-state index contributed by atoms with van der Waals surface area (Å²) in [5.41, 5.74) is 6.34. The van der Waals surface area contributed by atoms with Crippen LogP contribution in [0, 0.1) is 12.8 Å². The van der Waals surface area contributed by atoms with E-state index in [4.69, 9.17) is 5.73 Å². The molecule has 0 radical (unpaired) electrons. The Hall–Kier alpha value is -1.36. The first-order valence-electron chi connectivity index (χ1n) is 5.18. The number of hydrogen-bond donors (Lipinski definition) is 3. The summed E-state index contributed by atoms with van der Waals surface area (Å²) in [6.45, 7) is 2.39. The van der Waals surface area contributed by atoms with Gasteiger partial charge in [0.1, 0.15) is 5.82 Å². The molecule has 1 aromatic rings. The van der Waals surface area contributed by atoms with E-state index in [-0.39, 0.29) is 12.1 Å². The molecule has 1 aromatic heterocycles. The molecule has 5 nitrogen and oxygen atoms in total. The minimum Gasteiger partial charge on any atom is -0.391 e. The molecule has 0 amide bonds. The fraction of sp³-hybridized carbons (Fsp3) is 0.600. The maximum atomic E-state index is 9.65. The maximum Gasteiger partial charge on any atom is 0.222 e. The molecule has 1 atom stereocenters. The molecule has 0 aromatic carbocycles. The van der Waals surface area contributed by atoms with E-state index in [1.165, 1.54) is 0 Å². The number of rotatable bonds is 4. The number of aliphatic hydroxyl groups is 1. The molecular formula is C10H16N4O. The van der Waals surface area contributed by atoms with Gasteiger partial charge < -0.3 is 16.2 Å². The van der Waals surface area contributed by atoms with Gasteiger partial charge in [0, 0.05) is 18.3 Å².